The van der Waals surface area contributed by atoms with Crippen molar-refractivity contribution in [3.8, 4) is 11.6 Å². The second kappa shape index (κ2) is 19.4. The maximum absolute atomic E-state index is 15.1. The topological polar surface area (TPSA) is 174 Å². The molecule has 4 aliphatic heterocycles. The van der Waals surface area contributed by atoms with Gasteiger partial charge in [0, 0.05) is 51.0 Å². The summed E-state index contributed by atoms with van der Waals surface area (Å²) in [7, 11) is -4.07. The number of allylic oxidation sites excluding steroid dienone is 1. The van der Waals surface area contributed by atoms with Gasteiger partial charge in [0.1, 0.15) is 24.6 Å². The zero-order valence-corrected chi connectivity index (χ0v) is 38.7. The Labute approximate surface area is 378 Å². The average molecular weight is 906 g/mol. The lowest BCUT2D eigenvalue weighted by Crippen LogP contribution is -2.52. The maximum Gasteiger partial charge on any atom is 0.306 e. The van der Waals surface area contributed by atoms with Gasteiger partial charge in [-0.25, -0.2) is 9.71 Å². The van der Waals surface area contributed by atoms with E-state index in [1.807, 2.05) is 45.0 Å². The number of amides is 2. The fraction of sp³-hybridized carbons (Fsp3) is 0.688. The van der Waals surface area contributed by atoms with Gasteiger partial charge in [-0.3, -0.25) is 24.1 Å². The number of carbonyl (C=O) groups is 4. The third-order valence-corrected chi connectivity index (χ3v) is 16.2. The molecule has 2 bridgehead atoms. The van der Waals surface area contributed by atoms with E-state index in [9.17, 15) is 22.8 Å². The SMILES string of the molecule is C=C[C@@H]1C[C@]1(CC(=O)[C@@H]1C[C@@H]2CN1C(=O)[C@H](C(C)(C)C)CC(=O)O[C@@H]1CCC[C@H]1CCCCCc1c(nc3ccccc3c1OCCN1CCOCC1)O2)C(=O)NS(=O)(=O)N1CCC1. The van der Waals surface area contributed by atoms with Crippen molar-refractivity contribution in [2.24, 2.45) is 28.6 Å². The fourth-order valence-electron chi connectivity index (χ4n) is 10.5. The summed E-state index contributed by atoms with van der Waals surface area (Å²) < 4.78 is 55.0. The van der Waals surface area contributed by atoms with Crippen molar-refractivity contribution in [3.63, 3.8) is 0 Å². The quantitative estimate of drug-likeness (QED) is 0.225. The molecular formula is C48H67N5O10S. The summed E-state index contributed by atoms with van der Waals surface area (Å²) in [6, 6.07) is 6.83. The highest BCUT2D eigenvalue weighted by Crippen LogP contribution is 2.57. The minimum absolute atomic E-state index is 0.0379. The number of nitrogens with zero attached hydrogens (tertiary/aromatic N) is 4. The monoisotopic (exact) mass is 905 g/mol. The smallest absolute Gasteiger partial charge is 0.306 e. The summed E-state index contributed by atoms with van der Waals surface area (Å²) in [6.07, 6.45) is 8.45. The molecule has 6 aliphatic rings. The second-order valence-electron chi connectivity index (χ2n) is 20.0. The highest BCUT2D eigenvalue weighted by Gasteiger charge is 2.61. The van der Waals surface area contributed by atoms with E-state index in [1.165, 1.54) is 9.21 Å². The first-order chi connectivity index (χ1) is 30.7. The first-order valence-corrected chi connectivity index (χ1v) is 25.1. The molecule has 0 spiro atoms. The molecule has 8 rings (SSSR count). The minimum atomic E-state index is -4.07. The van der Waals surface area contributed by atoms with Gasteiger partial charge in [0.2, 0.25) is 17.7 Å². The Morgan fingerprint density at radius 2 is 1.77 bits per heavy atom. The molecule has 2 amide bonds. The molecule has 0 radical (unpaired) electrons. The van der Waals surface area contributed by atoms with Crippen molar-refractivity contribution in [1.29, 1.82) is 0 Å². The van der Waals surface area contributed by atoms with Crippen LogP contribution < -0.4 is 14.2 Å². The lowest BCUT2D eigenvalue weighted by atomic mass is 9.77. The summed E-state index contributed by atoms with van der Waals surface area (Å²) in [5, 5.41) is 0.884. The van der Waals surface area contributed by atoms with Crippen molar-refractivity contribution in [1.82, 2.24) is 23.8 Å². The van der Waals surface area contributed by atoms with Gasteiger partial charge in [0.05, 0.1) is 54.6 Å². The lowest BCUT2D eigenvalue weighted by Gasteiger charge is -2.35. The van der Waals surface area contributed by atoms with Crippen molar-refractivity contribution in [2.45, 2.75) is 122 Å². The van der Waals surface area contributed by atoms with Crippen molar-refractivity contribution in [2.75, 3.05) is 59.1 Å². The molecule has 1 aromatic heterocycles. The van der Waals surface area contributed by atoms with E-state index < -0.39 is 56.9 Å². The van der Waals surface area contributed by atoms with Crippen LogP contribution >= 0.6 is 0 Å². The number of morpholine rings is 1. The summed E-state index contributed by atoms with van der Waals surface area (Å²) in [4.78, 5) is 66.5. The molecule has 2 aromatic rings. The van der Waals surface area contributed by atoms with Crippen LogP contribution in [0.5, 0.6) is 11.6 Å². The van der Waals surface area contributed by atoms with Gasteiger partial charge in [-0.1, -0.05) is 51.8 Å². The maximum atomic E-state index is 15.1. The molecule has 350 valence electrons. The standard InChI is InChI=1S/C48H67N5O10S/c1-5-33-29-48(33,46(57)50-64(58,59)52-19-12-20-52)30-40(54)39-27-34-31-53(39)45(56)37(47(2,3)4)28-42(55)63-41-18-11-14-32(41)13-7-6-8-16-36-43(61-26-23-51-21-24-60-25-22-51)35-15-9-10-17-38(35)49-44(36)62-34/h5,9-10,15,17,32-34,37,39,41H,1,6-8,11-14,16,18-31H2,2-4H3,(H,50,57)/t32-,33-,34-,37-,39+,41-,48-/m1/s1. The van der Waals surface area contributed by atoms with Crippen LogP contribution in [0.1, 0.15) is 103 Å². The van der Waals surface area contributed by atoms with E-state index in [2.05, 4.69) is 16.2 Å². The molecule has 5 heterocycles. The highest BCUT2D eigenvalue weighted by molar-refractivity contribution is 7.87. The molecule has 0 unspecified atom stereocenters. The number of ether oxygens (including phenoxy) is 4. The molecule has 2 saturated carbocycles. The predicted octanol–water partition coefficient (Wildman–Crippen LogP) is 5.39. The van der Waals surface area contributed by atoms with Crippen molar-refractivity contribution in [3.05, 3.63) is 42.5 Å². The molecule has 1 aromatic carbocycles. The van der Waals surface area contributed by atoms with Crippen molar-refractivity contribution < 1.29 is 46.5 Å². The summed E-state index contributed by atoms with van der Waals surface area (Å²) in [5.41, 5.74) is -0.467. The summed E-state index contributed by atoms with van der Waals surface area (Å²) in [5.74, 6) is -1.78. The Bertz CT molecular complexity index is 2190. The Morgan fingerprint density at radius 3 is 2.48 bits per heavy atom. The normalized spacial score (nSPS) is 29.9. The Morgan fingerprint density at radius 1 is 1.00 bits per heavy atom. The Kier molecular flexibility index (Phi) is 14.1. The molecule has 16 heteroatoms. The molecule has 5 fully saturated rings. The van der Waals surface area contributed by atoms with Gasteiger partial charge < -0.3 is 23.8 Å². The number of hydrogen-bond acceptors (Lipinski definition) is 12. The van der Waals surface area contributed by atoms with E-state index >= 15 is 4.79 Å². The largest absolute Gasteiger partial charge is 0.491 e. The molecule has 64 heavy (non-hydrogen) atoms. The fourth-order valence-corrected chi connectivity index (χ4v) is 11.8. The summed E-state index contributed by atoms with van der Waals surface area (Å²) >= 11 is 0. The van der Waals surface area contributed by atoms with Crippen LogP contribution in [0.25, 0.3) is 10.9 Å². The van der Waals surface area contributed by atoms with E-state index in [4.69, 9.17) is 23.9 Å². The van der Waals surface area contributed by atoms with Crippen LogP contribution in [0.15, 0.2) is 36.9 Å². The van der Waals surface area contributed by atoms with Crippen molar-refractivity contribution >= 4 is 44.7 Å². The lowest BCUT2D eigenvalue weighted by molar-refractivity contribution is -0.158. The van der Waals surface area contributed by atoms with Crippen LogP contribution in [0, 0.1) is 28.6 Å². The van der Waals surface area contributed by atoms with Crippen LogP contribution in [0.4, 0.5) is 0 Å². The number of pyridine rings is 1. The average Bonchev–Trinajstić information content (AvgIpc) is 3.51. The number of para-hydroxylation sites is 1. The Hall–Kier alpha value is -4.12. The molecule has 1 N–H and O–H groups in total. The van der Waals surface area contributed by atoms with Gasteiger partial charge >= 0.3 is 16.2 Å². The highest BCUT2D eigenvalue weighted by atomic mass is 32.2. The number of hydrogen-bond donors (Lipinski definition) is 1. The van der Waals surface area contributed by atoms with E-state index in [0.29, 0.717) is 57.1 Å². The molecular weight excluding hydrogens is 839 g/mol. The van der Waals surface area contributed by atoms with Crippen LogP contribution in [0.3, 0.4) is 0 Å². The van der Waals surface area contributed by atoms with E-state index in [-0.39, 0.29) is 55.9 Å². The summed E-state index contributed by atoms with van der Waals surface area (Å²) in [6.45, 7) is 14.6. The third kappa shape index (κ3) is 10.1. The first-order valence-electron chi connectivity index (χ1n) is 23.7. The number of ketones is 1. The van der Waals surface area contributed by atoms with E-state index in [0.717, 1.165) is 81.3 Å². The number of fused-ring (bicyclic) bond motifs is 5. The minimum Gasteiger partial charge on any atom is -0.491 e. The van der Waals surface area contributed by atoms with Crippen LogP contribution in [-0.4, -0.2) is 128 Å². The number of aromatic nitrogens is 1. The predicted molar refractivity (Wildman–Crippen MR) is 240 cm³/mol. The molecule has 15 nitrogen and oxygen atoms in total. The van der Waals surface area contributed by atoms with Gasteiger partial charge in [-0.2, -0.15) is 12.7 Å². The van der Waals surface area contributed by atoms with E-state index in [1.54, 1.807) is 6.08 Å². The van der Waals surface area contributed by atoms with Gasteiger partial charge in [0.25, 0.3) is 0 Å². The molecule has 3 saturated heterocycles. The van der Waals surface area contributed by atoms with Gasteiger partial charge in [-0.05, 0) is 80.8 Å². The molecule has 7 atom stereocenters. The number of benzene rings is 1. The zero-order valence-electron chi connectivity index (χ0n) is 37.9. The number of carbonyl (C=O) groups excluding carboxylic acids is 4. The number of rotatable bonds is 11. The number of esters is 1. The molecule has 2 aliphatic carbocycles. The number of nitrogens with one attached hydrogen (secondary N) is 1. The van der Waals surface area contributed by atoms with Gasteiger partial charge in [-0.15, -0.1) is 6.58 Å². The first kappa shape index (κ1) is 46.4. The Balaban J connectivity index is 1.13. The van der Waals surface area contributed by atoms with Crippen LogP contribution in [-0.2, 0) is 45.3 Å². The third-order valence-electron chi connectivity index (χ3n) is 14.7. The second-order valence-corrected chi connectivity index (χ2v) is 21.7. The number of Topliss-reactive ketones (excluding diaryl/α,β-unsaturated/α-hetero) is 1. The zero-order chi connectivity index (χ0) is 45.2. The van der Waals surface area contributed by atoms with Gasteiger partial charge in [0.15, 0.2) is 5.78 Å². The van der Waals surface area contributed by atoms with Crippen LogP contribution in [0.2, 0.25) is 0 Å².